The van der Waals surface area contributed by atoms with Crippen molar-refractivity contribution in [2.75, 3.05) is 32.6 Å². The predicted molar refractivity (Wildman–Crippen MR) is 71.3 cm³/mol. The topological polar surface area (TPSA) is 44.4 Å². The zero-order valence-corrected chi connectivity index (χ0v) is 10.9. The highest BCUT2D eigenvalue weighted by Gasteiger charge is 2.06. The van der Waals surface area contributed by atoms with Crippen molar-refractivity contribution >= 4 is 11.6 Å². The highest BCUT2D eigenvalue weighted by Crippen LogP contribution is 2.17. The van der Waals surface area contributed by atoms with Crippen molar-refractivity contribution in [3.63, 3.8) is 0 Å². The first-order valence-corrected chi connectivity index (χ1v) is 5.76. The fraction of sp³-hybridized carbons (Fsp3) is 0.462. The lowest BCUT2D eigenvalue weighted by molar-refractivity contribution is -0.119. The molecule has 1 rings (SSSR count). The van der Waals surface area contributed by atoms with Gasteiger partial charge in [-0.15, -0.1) is 0 Å². The van der Waals surface area contributed by atoms with Crippen LogP contribution in [0.5, 0.6) is 0 Å². The van der Waals surface area contributed by atoms with Gasteiger partial charge >= 0.3 is 0 Å². The monoisotopic (exact) mass is 235 g/mol. The molecule has 1 unspecified atom stereocenters. The van der Waals surface area contributed by atoms with E-state index >= 15 is 0 Å². The van der Waals surface area contributed by atoms with Crippen molar-refractivity contribution in [2.45, 2.75) is 13.0 Å². The Morgan fingerprint density at radius 1 is 1.29 bits per heavy atom. The summed E-state index contributed by atoms with van der Waals surface area (Å²) in [7, 11) is 5.67. The van der Waals surface area contributed by atoms with Gasteiger partial charge in [-0.3, -0.25) is 4.79 Å². The Morgan fingerprint density at radius 2 is 1.88 bits per heavy atom. The molecule has 0 aliphatic rings. The number of amides is 1. The molecular formula is C13H21N3O. The van der Waals surface area contributed by atoms with Crippen LogP contribution in [0.4, 0.5) is 5.69 Å². The van der Waals surface area contributed by atoms with Crippen molar-refractivity contribution in [1.82, 2.24) is 10.6 Å². The van der Waals surface area contributed by atoms with Crippen LogP contribution in [0.2, 0.25) is 0 Å². The zero-order chi connectivity index (χ0) is 12.8. The largest absolute Gasteiger partial charge is 0.378 e. The first-order valence-electron chi connectivity index (χ1n) is 5.76. The second-order valence-electron chi connectivity index (χ2n) is 4.26. The summed E-state index contributed by atoms with van der Waals surface area (Å²) in [4.78, 5) is 13.2. The second-order valence-corrected chi connectivity index (χ2v) is 4.26. The fourth-order valence-corrected chi connectivity index (χ4v) is 1.51. The quantitative estimate of drug-likeness (QED) is 0.804. The fourth-order valence-electron chi connectivity index (χ4n) is 1.51. The minimum Gasteiger partial charge on any atom is -0.378 e. The van der Waals surface area contributed by atoms with E-state index in [0.717, 1.165) is 0 Å². The molecule has 0 aromatic heterocycles. The van der Waals surface area contributed by atoms with Crippen LogP contribution in [0.3, 0.4) is 0 Å². The number of carbonyl (C=O) groups excluding carboxylic acids is 1. The minimum atomic E-state index is 0.00163. The summed E-state index contributed by atoms with van der Waals surface area (Å²) in [6.07, 6.45) is 0. The number of hydrogen-bond donors (Lipinski definition) is 2. The molecular weight excluding hydrogens is 214 g/mol. The molecule has 0 fully saturated rings. The zero-order valence-electron chi connectivity index (χ0n) is 10.9. The van der Waals surface area contributed by atoms with Gasteiger partial charge in [0.05, 0.1) is 6.54 Å². The average Bonchev–Trinajstić information content (AvgIpc) is 2.35. The van der Waals surface area contributed by atoms with Crippen LogP contribution in [-0.2, 0) is 4.79 Å². The maximum absolute atomic E-state index is 11.1. The summed E-state index contributed by atoms with van der Waals surface area (Å²) < 4.78 is 0. The van der Waals surface area contributed by atoms with Gasteiger partial charge in [0, 0.05) is 32.9 Å². The van der Waals surface area contributed by atoms with Gasteiger partial charge in [0.25, 0.3) is 0 Å². The standard InChI is InChI=1S/C13H21N3O/c1-10(15-9-13(17)14-2)11-5-7-12(8-6-11)16(3)4/h5-8,10,15H,9H2,1-4H3,(H,14,17). The SMILES string of the molecule is CNC(=O)CNC(C)c1ccc(N(C)C)cc1. The van der Waals surface area contributed by atoms with E-state index in [9.17, 15) is 4.79 Å². The molecule has 0 spiro atoms. The molecule has 0 aliphatic heterocycles. The number of anilines is 1. The van der Waals surface area contributed by atoms with Gasteiger partial charge in [-0.05, 0) is 24.6 Å². The minimum absolute atomic E-state index is 0.00163. The molecule has 1 atom stereocenters. The lowest BCUT2D eigenvalue weighted by atomic mass is 10.1. The number of nitrogens with one attached hydrogen (secondary N) is 2. The van der Waals surface area contributed by atoms with E-state index in [2.05, 4.69) is 39.8 Å². The highest BCUT2D eigenvalue weighted by atomic mass is 16.1. The van der Waals surface area contributed by atoms with E-state index in [-0.39, 0.29) is 11.9 Å². The summed E-state index contributed by atoms with van der Waals surface area (Å²) in [5.74, 6) is 0.00163. The Kier molecular flexibility index (Phi) is 4.97. The third-order valence-electron chi connectivity index (χ3n) is 2.76. The molecule has 0 bridgehead atoms. The molecule has 1 amide bonds. The number of likely N-dealkylation sites (N-methyl/N-ethyl adjacent to an activating group) is 1. The molecule has 1 aromatic rings. The summed E-state index contributed by atoms with van der Waals surface area (Å²) in [5, 5.41) is 5.76. The average molecular weight is 235 g/mol. The molecule has 94 valence electrons. The van der Waals surface area contributed by atoms with Crippen LogP contribution in [0.25, 0.3) is 0 Å². The maximum atomic E-state index is 11.1. The summed E-state index contributed by atoms with van der Waals surface area (Å²) in [5.41, 5.74) is 2.35. The molecule has 1 aromatic carbocycles. The van der Waals surface area contributed by atoms with Crippen LogP contribution in [0.1, 0.15) is 18.5 Å². The van der Waals surface area contributed by atoms with Gasteiger partial charge in [-0.25, -0.2) is 0 Å². The van der Waals surface area contributed by atoms with Crippen LogP contribution in [0.15, 0.2) is 24.3 Å². The van der Waals surface area contributed by atoms with Gasteiger partial charge in [0.2, 0.25) is 5.91 Å². The number of carbonyl (C=O) groups is 1. The summed E-state index contributed by atoms with van der Waals surface area (Å²) >= 11 is 0. The molecule has 4 nitrogen and oxygen atoms in total. The highest BCUT2D eigenvalue weighted by molar-refractivity contribution is 5.77. The number of hydrogen-bond acceptors (Lipinski definition) is 3. The van der Waals surface area contributed by atoms with Crippen molar-refractivity contribution in [1.29, 1.82) is 0 Å². The third kappa shape index (κ3) is 4.07. The van der Waals surface area contributed by atoms with Gasteiger partial charge in [-0.1, -0.05) is 12.1 Å². The van der Waals surface area contributed by atoms with Crippen LogP contribution < -0.4 is 15.5 Å². The number of nitrogens with zero attached hydrogens (tertiary/aromatic N) is 1. The van der Waals surface area contributed by atoms with E-state index in [4.69, 9.17) is 0 Å². The number of rotatable bonds is 5. The van der Waals surface area contributed by atoms with E-state index in [1.165, 1.54) is 11.3 Å². The van der Waals surface area contributed by atoms with Crippen LogP contribution in [-0.4, -0.2) is 33.6 Å². The first kappa shape index (κ1) is 13.5. The normalized spacial score (nSPS) is 12.0. The van der Waals surface area contributed by atoms with Gasteiger partial charge < -0.3 is 15.5 Å². The van der Waals surface area contributed by atoms with E-state index in [1.54, 1.807) is 7.05 Å². The number of benzene rings is 1. The molecule has 0 radical (unpaired) electrons. The Labute approximate surface area is 103 Å². The lowest BCUT2D eigenvalue weighted by Crippen LogP contribution is -2.32. The lowest BCUT2D eigenvalue weighted by Gasteiger charge is -2.16. The Morgan fingerprint density at radius 3 is 2.35 bits per heavy atom. The predicted octanol–water partition coefficient (Wildman–Crippen LogP) is 1.15. The Bertz CT molecular complexity index is 359. The van der Waals surface area contributed by atoms with Crippen LogP contribution >= 0.6 is 0 Å². The maximum Gasteiger partial charge on any atom is 0.233 e. The molecule has 4 heteroatoms. The van der Waals surface area contributed by atoms with E-state index in [1.807, 2.05) is 21.0 Å². The van der Waals surface area contributed by atoms with Crippen molar-refractivity contribution in [3.05, 3.63) is 29.8 Å². The molecule has 2 N–H and O–H groups in total. The van der Waals surface area contributed by atoms with Crippen molar-refractivity contribution < 1.29 is 4.79 Å². The first-order chi connectivity index (χ1) is 8.04. The smallest absolute Gasteiger partial charge is 0.233 e. The molecule has 0 aliphatic carbocycles. The van der Waals surface area contributed by atoms with Gasteiger partial charge in [0.1, 0.15) is 0 Å². The summed E-state index contributed by atoms with van der Waals surface area (Å²) in [6, 6.07) is 8.48. The molecule has 0 heterocycles. The van der Waals surface area contributed by atoms with Crippen molar-refractivity contribution in [3.8, 4) is 0 Å². The molecule has 17 heavy (non-hydrogen) atoms. The Hall–Kier alpha value is -1.55. The third-order valence-corrected chi connectivity index (χ3v) is 2.76. The molecule has 0 saturated heterocycles. The van der Waals surface area contributed by atoms with E-state index in [0.29, 0.717) is 6.54 Å². The van der Waals surface area contributed by atoms with Crippen molar-refractivity contribution in [2.24, 2.45) is 0 Å². The van der Waals surface area contributed by atoms with Gasteiger partial charge in [0.15, 0.2) is 0 Å². The van der Waals surface area contributed by atoms with E-state index < -0.39 is 0 Å². The summed E-state index contributed by atoms with van der Waals surface area (Å²) in [6.45, 7) is 2.39. The van der Waals surface area contributed by atoms with Crippen LogP contribution in [0, 0.1) is 0 Å². The second kappa shape index (κ2) is 6.25. The molecule has 0 saturated carbocycles. The Balaban J connectivity index is 2.57. The van der Waals surface area contributed by atoms with Gasteiger partial charge in [-0.2, -0.15) is 0 Å².